The average molecular weight is 298 g/mol. The van der Waals surface area contributed by atoms with Crippen LogP contribution in [0.15, 0.2) is 23.1 Å². The second kappa shape index (κ2) is 5.44. The fraction of sp³-hybridized carbons (Fsp3) is 0.571. The quantitative estimate of drug-likeness (QED) is 0.911. The summed E-state index contributed by atoms with van der Waals surface area (Å²) in [6.45, 7) is 7.20. The van der Waals surface area contributed by atoms with Gasteiger partial charge in [0.1, 0.15) is 0 Å². The van der Waals surface area contributed by atoms with Crippen molar-refractivity contribution in [3.8, 4) is 0 Å². The molecule has 20 heavy (non-hydrogen) atoms. The number of hydrogen-bond acceptors (Lipinski definition) is 4. The molecule has 0 spiro atoms. The van der Waals surface area contributed by atoms with Crippen molar-refractivity contribution in [2.75, 3.05) is 19.7 Å². The van der Waals surface area contributed by atoms with Crippen LogP contribution < -0.4 is 5.73 Å². The summed E-state index contributed by atoms with van der Waals surface area (Å²) in [5.74, 6) is 0. The fourth-order valence-corrected chi connectivity index (χ4v) is 4.23. The number of aryl methyl sites for hydroxylation is 1. The summed E-state index contributed by atoms with van der Waals surface area (Å²) >= 11 is 0. The highest BCUT2D eigenvalue weighted by atomic mass is 32.2. The minimum absolute atomic E-state index is 0.354. The number of nitrogens with two attached hydrogens (primary N) is 1. The number of nitrogens with zero attached hydrogens (tertiary/aromatic N) is 1. The van der Waals surface area contributed by atoms with Gasteiger partial charge in [-0.1, -0.05) is 12.1 Å². The molecule has 2 N–H and O–H groups in total. The predicted molar refractivity (Wildman–Crippen MR) is 77.9 cm³/mol. The monoisotopic (exact) mass is 298 g/mol. The highest BCUT2D eigenvalue weighted by Gasteiger charge is 2.35. The Bertz CT molecular complexity index is 596. The van der Waals surface area contributed by atoms with E-state index in [1.807, 2.05) is 19.9 Å². The van der Waals surface area contributed by atoms with Crippen LogP contribution in [-0.4, -0.2) is 38.0 Å². The Morgan fingerprint density at radius 2 is 2.10 bits per heavy atom. The van der Waals surface area contributed by atoms with Gasteiger partial charge < -0.3 is 10.5 Å². The topological polar surface area (TPSA) is 72.6 Å². The molecule has 112 valence electrons. The molecule has 0 radical (unpaired) electrons. The Kier molecular flexibility index (Phi) is 4.20. The van der Waals surface area contributed by atoms with E-state index in [0.717, 1.165) is 11.1 Å². The molecule has 6 heteroatoms. The molecule has 0 aromatic heterocycles. The molecule has 0 aliphatic carbocycles. The number of sulfonamides is 1. The molecule has 2 rings (SSSR count). The lowest BCUT2D eigenvalue weighted by atomic mass is 10.1. The molecular weight excluding hydrogens is 276 g/mol. The summed E-state index contributed by atoms with van der Waals surface area (Å²) in [7, 11) is -3.48. The first kappa shape index (κ1) is 15.4. The summed E-state index contributed by atoms with van der Waals surface area (Å²) in [5, 5.41) is 0. The van der Waals surface area contributed by atoms with Crippen molar-refractivity contribution in [1.82, 2.24) is 4.31 Å². The van der Waals surface area contributed by atoms with E-state index in [2.05, 4.69) is 0 Å². The van der Waals surface area contributed by atoms with Crippen molar-refractivity contribution in [2.45, 2.75) is 37.8 Å². The molecule has 1 aliphatic heterocycles. The standard InChI is InChI=1S/C14H22N2O3S/c1-11-8-12(9-15)4-5-13(11)20(17,18)16-6-7-19-14(2,3)10-16/h4-5,8H,6-7,9-10,15H2,1-3H3. The Balaban J connectivity index is 2.35. The van der Waals surface area contributed by atoms with E-state index >= 15 is 0 Å². The number of hydrogen-bond donors (Lipinski definition) is 1. The molecule has 5 nitrogen and oxygen atoms in total. The van der Waals surface area contributed by atoms with Gasteiger partial charge >= 0.3 is 0 Å². The summed E-state index contributed by atoms with van der Waals surface area (Å²) in [5.41, 5.74) is 6.80. The summed E-state index contributed by atoms with van der Waals surface area (Å²) < 4.78 is 32.5. The van der Waals surface area contributed by atoms with E-state index < -0.39 is 15.6 Å². The molecule has 1 aliphatic rings. The van der Waals surface area contributed by atoms with Gasteiger partial charge in [-0.15, -0.1) is 0 Å². The van der Waals surface area contributed by atoms with Crippen molar-refractivity contribution in [2.24, 2.45) is 5.73 Å². The average Bonchev–Trinajstić information content (AvgIpc) is 2.37. The second-order valence-corrected chi connectivity index (χ2v) is 7.66. The third kappa shape index (κ3) is 3.03. The zero-order valence-electron chi connectivity index (χ0n) is 12.2. The van der Waals surface area contributed by atoms with Crippen LogP contribution in [0.5, 0.6) is 0 Å². The van der Waals surface area contributed by atoms with Gasteiger partial charge in [0.05, 0.1) is 17.1 Å². The highest BCUT2D eigenvalue weighted by molar-refractivity contribution is 7.89. The van der Waals surface area contributed by atoms with E-state index in [9.17, 15) is 8.42 Å². The van der Waals surface area contributed by atoms with Gasteiger partial charge in [0.25, 0.3) is 0 Å². The molecule has 0 saturated carbocycles. The number of morpholine rings is 1. The van der Waals surface area contributed by atoms with Gasteiger partial charge in [-0.05, 0) is 38.0 Å². The molecular formula is C14H22N2O3S. The maximum Gasteiger partial charge on any atom is 0.243 e. The van der Waals surface area contributed by atoms with Crippen molar-refractivity contribution < 1.29 is 13.2 Å². The van der Waals surface area contributed by atoms with E-state index in [0.29, 0.717) is 31.1 Å². The third-order valence-corrected chi connectivity index (χ3v) is 5.49. The Hall–Kier alpha value is -0.950. The first-order chi connectivity index (χ1) is 9.26. The summed E-state index contributed by atoms with van der Waals surface area (Å²) in [4.78, 5) is 0.354. The minimum atomic E-state index is -3.48. The van der Waals surface area contributed by atoms with Crippen molar-refractivity contribution >= 4 is 10.0 Å². The van der Waals surface area contributed by atoms with Gasteiger partial charge in [0.2, 0.25) is 10.0 Å². The predicted octanol–water partition coefficient (Wildman–Crippen LogP) is 1.25. The maximum absolute atomic E-state index is 12.7. The SMILES string of the molecule is Cc1cc(CN)ccc1S(=O)(=O)N1CCOC(C)(C)C1. The molecule has 0 atom stereocenters. The van der Waals surface area contributed by atoms with E-state index in [4.69, 9.17) is 10.5 Å². The van der Waals surface area contributed by atoms with Gasteiger partial charge in [-0.3, -0.25) is 0 Å². The maximum atomic E-state index is 12.7. The normalized spacial score (nSPS) is 20.0. The molecule has 1 aromatic rings. The largest absolute Gasteiger partial charge is 0.373 e. The van der Waals surface area contributed by atoms with Crippen LogP contribution in [0.4, 0.5) is 0 Å². The highest BCUT2D eigenvalue weighted by Crippen LogP contribution is 2.25. The second-order valence-electron chi connectivity index (χ2n) is 5.75. The van der Waals surface area contributed by atoms with E-state index in [1.165, 1.54) is 4.31 Å². The lowest BCUT2D eigenvalue weighted by Gasteiger charge is -2.37. The lowest BCUT2D eigenvalue weighted by molar-refractivity contribution is -0.0640. The van der Waals surface area contributed by atoms with Crippen LogP contribution in [0.1, 0.15) is 25.0 Å². The molecule has 1 aromatic carbocycles. The van der Waals surface area contributed by atoms with Gasteiger partial charge in [0.15, 0.2) is 0 Å². The van der Waals surface area contributed by atoms with Crippen LogP contribution in [0, 0.1) is 6.92 Å². The van der Waals surface area contributed by atoms with Gasteiger partial charge in [0, 0.05) is 19.6 Å². The molecule has 0 bridgehead atoms. The van der Waals surface area contributed by atoms with Crippen molar-refractivity contribution in [3.05, 3.63) is 29.3 Å². The molecule has 1 saturated heterocycles. The summed E-state index contributed by atoms with van der Waals surface area (Å²) in [6.07, 6.45) is 0. The Morgan fingerprint density at radius 3 is 2.65 bits per heavy atom. The first-order valence-corrected chi connectivity index (χ1v) is 8.14. The number of rotatable bonds is 3. The van der Waals surface area contributed by atoms with Crippen molar-refractivity contribution in [1.29, 1.82) is 0 Å². The third-order valence-electron chi connectivity index (χ3n) is 3.48. The number of benzene rings is 1. The Labute approximate surface area is 120 Å². The van der Waals surface area contributed by atoms with Crippen molar-refractivity contribution in [3.63, 3.8) is 0 Å². The Morgan fingerprint density at radius 1 is 1.40 bits per heavy atom. The molecule has 0 unspecified atom stereocenters. The summed E-state index contributed by atoms with van der Waals surface area (Å²) in [6, 6.07) is 5.25. The van der Waals surface area contributed by atoms with Gasteiger partial charge in [-0.25, -0.2) is 8.42 Å². The van der Waals surface area contributed by atoms with Gasteiger partial charge in [-0.2, -0.15) is 4.31 Å². The minimum Gasteiger partial charge on any atom is -0.373 e. The van der Waals surface area contributed by atoms with E-state index in [-0.39, 0.29) is 0 Å². The van der Waals surface area contributed by atoms with Crippen LogP contribution >= 0.6 is 0 Å². The fourth-order valence-electron chi connectivity index (χ4n) is 2.45. The molecule has 1 fully saturated rings. The zero-order chi connectivity index (χ0) is 15.0. The van der Waals surface area contributed by atoms with Crippen LogP contribution in [0.3, 0.4) is 0 Å². The van der Waals surface area contributed by atoms with E-state index in [1.54, 1.807) is 19.1 Å². The first-order valence-electron chi connectivity index (χ1n) is 6.70. The zero-order valence-corrected chi connectivity index (χ0v) is 13.0. The molecule has 0 amide bonds. The number of ether oxygens (including phenoxy) is 1. The lowest BCUT2D eigenvalue weighted by Crippen LogP contribution is -2.50. The smallest absolute Gasteiger partial charge is 0.243 e. The molecule has 1 heterocycles. The van der Waals surface area contributed by atoms with Crippen LogP contribution in [0.2, 0.25) is 0 Å². The van der Waals surface area contributed by atoms with Crippen LogP contribution in [0.25, 0.3) is 0 Å². The van der Waals surface area contributed by atoms with Crippen LogP contribution in [-0.2, 0) is 21.3 Å².